The van der Waals surface area contributed by atoms with E-state index in [1.807, 2.05) is 0 Å². The summed E-state index contributed by atoms with van der Waals surface area (Å²) >= 11 is 0. The van der Waals surface area contributed by atoms with Gasteiger partial charge in [0.2, 0.25) is 6.16 Å². The zero-order valence-corrected chi connectivity index (χ0v) is 19.0. The van der Waals surface area contributed by atoms with Crippen LogP contribution in [0, 0.1) is 0 Å². The molecule has 0 rings (SSSR count). The van der Waals surface area contributed by atoms with Crippen LogP contribution < -0.4 is 167 Å². The topological polar surface area (TPSA) is 144 Å². The van der Waals surface area contributed by atoms with Crippen LogP contribution in [0.25, 0.3) is 0 Å². The molecule has 13 heteroatoms. The molecular weight excluding hydrogens is 298 g/mol. The molecule has 0 amide bonds. The fraction of sp³-hybridized carbons (Fsp3) is 0. The van der Waals surface area contributed by atoms with Gasteiger partial charge in [-0.1, -0.05) is 0 Å². The Balaban J connectivity index is -0.0000000104. The van der Waals surface area contributed by atoms with E-state index in [9.17, 15) is 0 Å². The van der Waals surface area contributed by atoms with Gasteiger partial charge in [0.05, 0.1) is 7.82 Å². The van der Waals surface area contributed by atoms with Crippen LogP contribution in [0.4, 0.5) is 4.79 Å². The molecule has 0 saturated carbocycles. The molecule has 2 N–H and O–H groups in total. The summed E-state index contributed by atoms with van der Waals surface area (Å²) in [5.74, 6) is 0. The molecule has 0 aliphatic rings. The SMILES string of the molecule is O=C([O-])O.O=P([O-])([O-])O.[Cl-].[K+].[Na+].[Na+].[Na+]. The van der Waals surface area contributed by atoms with Crippen LogP contribution in [-0.4, -0.2) is 16.2 Å². The summed E-state index contributed by atoms with van der Waals surface area (Å²) in [6.45, 7) is 0. The predicted molar refractivity (Wildman–Crippen MR) is 17.9 cm³/mol. The van der Waals surface area contributed by atoms with Gasteiger partial charge in [-0.2, -0.15) is 0 Å². The van der Waals surface area contributed by atoms with E-state index >= 15 is 0 Å². The third-order valence-electron chi connectivity index (χ3n) is 0. The van der Waals surface area contributed by atoms with Crippen LogP contribution >= 0.6 is 7.82 Å². The van der Waals surface area contributed by atoms with Gasteiger partial charge in [0.25, 0.3) is 0 Å². The van der Waals surface area contributed by atoms with E-state index in [1.165, 1.54) is 0 Å². The van der Waals surface area contributed by atoms with Gasteiger partial charge in [0.15, 0.2) is 0 Å². The van der Waals surface area contributed by atoms with Gasteiger partial charge in [-0.15, -0.1) is 0 Å². The molecule has 64 valence electrons. The van der Waals surface area contributed by atoms with Crippen molar-refractivity contribution < 1.29 is 187 Å². The number of hydrogen-bond donors (Lipinski definition) is 2. The van der Waals surface area contributed by atoms with Crippen molar-refractivity contribution in [1.29, 1.82) is 0 Å². The van der Waals surface area contributed by atoms with E-state index in [2.05, 4.69) is 0 Å². The van der Waals surface area contributed by atoms with Crippen LogP contribution in [0.5, 0.6) is 0 Å². The number of phosphoric acid groups is 1. The van der Waals surface area contributed by atoms with Gasteiger partial charge in [-0.25, -0.2) is 0 Å². The maximum atomic E-state index is 8.66. The minimum Gasteiger partial charge on any atom is -1.00 e. The number of hydrogen-bond acceptors (Lipinski definition) is 5. The standard InChI is InChI=1S/CH2O3.ClH.K.3Na.H3O4P/c2-1(3)4;;;;;;1-5(2,3)4/h(H2,2,3,4);1H;;;;;(H3,1,2,3,4)/q;;4*+1;/p-4. The van der Waals surface area contributed by atoms with Gasteiger partial charge in [0, 0.05) is 0 Å². The Morgan fingerprint density at radius 2 is 1.14 bits per heavy atom. The van der Waals surface area contributed by atoms with Crippen LogP contribution in [0.15, 0.2) is 0 Å². The second-order valence-electron chi connectivity index (χ2n) is 0.734. The number of carboxylic acid groups (broad SMARTS) is 2. The minimum atomic E-state index is -5.14. The van der Waals surface area contributed by atoms with E-state index in [-0.39, 0.29) is 152 Å². The van der Waals surface area contributed by atoms with Crippen LogP contribution in [0.3, 0.4) is 0 Å². The molecule has 0 atom stereocenters. The van der Waals surface area contributed by atoms with Crippen molar-refractivity contribution in [3.05, 3.63) is 0 Å². The molecule has 0 unspecified atom stereocenters. The second-order valence-corrected chi connectivity index (χ2v) is 1.67. The summed E-state index contributed by atoms with van der Waals surface area (Å²) < 4.78 is 8.66. The van der Waals surface area contributed by atoms with Crippen LogP contribution in [-0.2, 0) is 4.57 Å². The first kappa shape index (κ1) is 42.9. The third kappa shape index (κ3) is 206. The Hall–Kier alpha value is 4.31. The molecule has 14 heavy (non-hydrogen) atoms. The molecule has 0 aromatic carbocycles. The van der Waals surface area contributed by atoms with Gasteiger partial charge in [-0.3, -0.25) is 0 Å². The average Bonchev–Trinajstić information content (AvgIpc) is 1.19. The maximum Gasteiger partial charge on any atom is 1.00 e. The summed E-state index contributed by atoms with van der Waals surface area (Å²) in [4.78, 5) is 32.7. The summed E-state index contributed by atoms with van der Waals surface area (Å²) in [5.41, 5.74) is 0. The van der Waals surface area contributed by atoms with Crippen molar-refractivity contribution in [2.24, 2.45) is 0 Å². The third-order valence-corrected chi connectivity index (χ3v) is 0. The molecule has 0 bridgehead atoms. The van der Waals surface area contributed by atoms with Crippen LogP contribution in [0.1, 0.15) is 0 Å². The summed E-state index contributed by atoms with van der Waals surface area (Å²) in [5, 5.41) is 15.3. The molecule has 0 aliphatic carbocycles. The Labute approximate surface area is 196 Å². The smallest absolute Gasteiger partial charge is 1.00 e. The van der Waals surface area contributed by atoms with Crippen molar-refractivity contribution in [3.63, 3.8) is 0 Å². The first-order valence-corrected chi connectivity index (χ1v) is 2.88. The predicted octanol–water partition coefficient (Wildman–Crippen LogP) is -18.3. The number of halogens is 1. The first-order valence-electron chi connectivity index (χ1n) is 1.38. The molecule has 0 aromatic heterocycles. The maximum absolute atomic E-state index is 8.66. The van der Waals surface area contributed by atoms with Gasteiger partial charge in [-0.05, 0) is 0 Å². The second kappa shape index (κ2) is 26.0. The fourth-order valence-corrected chi connectivity index (χ4v) is 0. The Morgan fingerprint density at radius 1 is 1.14 bits per heavy atom. The van der Waals surface area contributed by atoms with Crippen molar-refractivity contribution in [3.8, 4) is 0 Å². The molecule has 0 aromatic rings. The Kier molecular flexibility index (Phi) is 79.6. The van der Waals surface area contributed by atoms with E-state index in [0.717, 1.165) is 0 Å². The zero-order valence-electron chi connectivity index (χ0n) is 8.26. The van der Waals surface area contributed by atoms with Crippen LogP contribution in [0.2, 0.25) is 0 Å². The molecule has 0 heterocycles. The zero-order chi connectivity index (χ0) is 8.08. The monoisotopic (exact) mass is 300 g/mol. The van der Waals surface area contributed by atoms with Crippen molar-refractivity contribution in [2.75, 3.05) is 0 Å². The van der Waals surface area contributed by atoms with Crippen molar-refractivity contribution in [1.82, 2.24) is 0 Å². The summed E-state index contributed by atoms with van der Waals surface area (Å²) in [6, 6.07) is 0. The molecule has 0 aliphatic heterocycles. The Bertz CT molecular complexity index is 129. The Morgan fingerprint density at radius 3 is 1.14 bits per heavy atom. The van der Waals surface area contributed by atoms with Gasteiger partial charge in [0.1, 0.15) is 0 Å². The quantitative estimate of drug-likeness (QED) is 0.334. The molecule has 0 spiro atoms. The summed E-state index contributed by atoms with van der Waals surface area (Å²) in [6.07, 6.45) is -2.08. The van der Waals surface area contributed by atoms with E-state index in [4.69, 9.17) is 34.3 Å². The molecule has 7 nitrogen and oxygen atoms in total. The van der Waals surface area contributed by atoms with Crippen molar-refractivity contribution in [2.45, 2.75) is 0 Å². The van der Waals surface area contributed by atoms with E-state index < -0.39 is 14.0 Å². The first-order chi connectivity index (χ1) is 3.73. The van der Waals surface area contributed by atoms with Gasteiger partial charge < -0.3 is 46.7 Å². The minimum absolute atomic E-state index is 0. The molecule has 0 saturated heterocycles. The molecule has 0 radical (unpaired) electrons. The number of carbonyl (C=O) groups is 1. The largest absolute Gasteiger partial charge is 1.00 e. The molecule has 0 fully saturated rings. The fourth-order valence-electron chi connectivity index (χ4n) is 0. The number of rotatable bonds is 0. The average molecular weight is 301 g/mol. The van der Waals surface area contributed by atoms with E-state index in [1.54, 1.807) is 0 Å². The summed E-state index contributed by atoms with van der Waals surface area (Å²) in [7, 11) is -5.14. The normalized spacial score (nSPS) is 5.93. The van der Waals surface area contributed by atoms with Gasteiger partial charge >= 0.3 is 140 Å². The van der Waals surface area contributed by atoms with Crippen molar-refractivity contribution >= 4 is 14.0 Å². The van der Waals surface area contributed by atoms with E-state index in [0.29, 0.717) is 0 Å². The molecular formula is CH2ClKNa3O7P.